The first-order valence-corrected chi connectivity index (χ1v) is 18.4. The van der Waals surface area contributed by atoms with Crippen LogP contribution in [-0.2, 0) is 13.0 Å². The van der Waals surface area contributed by atoms with Gasteiger partial charge in [0, 0.05) is 42.1 Å². The molecule has 0 radical (unpaired) electrons. The van der Waals surface area contributed by atoms with Crippen molar-refractivity contribution in [2.75, 3.05) is 25.0 Å². The van der Waals surface area contributed by atoms with Crippen molar-refractivity contribution in [3.05, 3.63) is 137 Å². The molecule has 1 unspecified atom stereocenters. The van der Waals surface area contributed by atoms with Gasteiger partial charge in [-0.2, -0.15) is 5.10 Å². The number of hydrogen-bond acceptors (Lipinski definition) is 5. The third-order valence-electron chi connectivity index (χ3n) is 9.81. The molecule has 1 aromatic heterocycles. The third-order valence-corrected chi connectivity index (χ3v) is 9.81. The van der Waals surface area contributed by atoms with Gasteiger partial charge in [-0.3, -0.25) is 14.4 Å². The summed E-state index contributed by atoms with van der Waals surface area (Å²) in [6.07, 6.45) is 4.20. The number of fused-ring (bicyclic) bond motifs is 1. The topological polar surface area (TPSA) is 108 Å². The van der Waals surface area contributed by atoms with E-state index >= 15 is 0 Å². The quantitative estimate of drug-likeness (QED) is 0.129. The number of carbonyl (C=O) groups excluding carboxylic acids is 3. The fourth-order valence-electron chi connectivity index (χ4n) is 6.84. The van der Waals surface area contributed by atoms with Gasteiger partial charge in [-0.25, -0.2) is 9.07 Å². The lowest BCUT2D eigenvalue weighted by atomic mass is 9.93. The monoisotopic (exact) mass is 715 g/mol. The molecule has 6 rings (SSSR count). The van der Waals surface area contributed by atoms with E-state index in [-0.39, 0.29) is 24.0 Å². The van der Waals surface area contributed by atoms with Crippen molar-refractivity contribution in [3.63, 3.8) is 0 Å². The van der Waals surface area contributed by atoms with Crippen molar-refractivity contribution in [2.24, 2.45) is 0 Å². The van der Waals surface area contributed by atoms with Gasteiger partial charge in [-0.1, -0.05) is 81.3 Å². The number of aliphatic hydroxyl groups is 1. The maximum Gasteiger partial charge on any atom is 0.274 e. The first-order chi connectivity index (χ1) is 25.7. The zero-order valence-corrected chi connectivity index (χ0v) is 30.5. The maximum absolute atomic E-state index is 14.7. The summed E-state index contributed by atoms with van der Waals surface area (Å²) in [7, 11) is 0. The van der Waals surface area contributed by atoms with Crippen LogP contribution in [0.4, 0.5) is 10.1 Å². The van der Waals surface area contributed by atoms with Gasteiger partial charge in [0.15, 0.2) is 5.69 Å². The van der Waals surface area contributed by atoms with E-state index in [1.165, 1.54) is 6.07 Å². The minimum Gasteiger partial charge on any atom is -0.394 e. The number of carbonyl (C=O) groups is 3. The van der Waals surface area contributed by atoms with E-state index in [4.69, 9.17) is 5.10 Å². The van der Waals surface area contributed by atoms with E-state index in [2.05, 4.69) is 19.2 Å². The van der Waals surface area contributed by atoms with Crippen LogP contribution in [0.3, 0.4) is 0 Å². The summed E-state index contributed by atoms with van der Waals surface area (Å²) < 4.78 is 16.2. The minimum atomic E-state index is -0.467. The smallest absolute Gasteiger partial charge is 0.274 e. The summed E-state index contributed by atoms with van der Waals surface area (Å²) in [5, 5.41) is 18.1. The Kier molecular flexibility index (Phi) is 11.8. The maximum atomic E-state index is 14.7. The van der Waals surface area contributed by atoms with Crippen LogP contribution in [0.15, 0.2) is 97.1 Å². The van der Waals surface area contributed by atoms with E-state index in [0.717, 1.165) is 36.8 Å². The molecule has 0 saturated heterocycles. The van der Waals surface area contributed by atoms with Crippen LogP contribution in [0.2, 0.25) is 0 Å². The molecule has 1 aliphatic heterocycles. The molecule has 10 heteroatoms. The Bertz CT molecular complexity index is 2100. The van der Waals surface area contributed by atoms with Gasteiger partial charge in [-0.05, 0) is 85.3 Å². The van der Waals surface area contributed by atoms with Gasteiger partial charge >= 0.3 is 0 Å². The highest BCUT2D eigenvalue weighted by Crippen LogP contribution is 2.30. The van der Waals surface area contributed by atoms with Crippen LogP contribution in [0.1, 0.15) is 87.6 Å². The molecule has 5 aromatic rings. The van der Waals surface area contributed by atoms with E-state index in [9.17, 15) is 23.9 Å². The summed E-state index contributed by atoms with van der Waals surface area (Å²) in [6, 6.07) is 27.3. The van der Waals surface area contributed by atoms with Gasteiger partial charge in [0.2, 0.25) is 0 Å². The Hall–Kier alpha value is -5.61. The molecule has 0 saturated carbocycles. The summed E-state index contributed by atoms with van der Waals surface area (Å²) in [5.41, 5.74) is 5.34. The number of halogens is 1. The van der Waals surface area contributed by atoms with E-state index < -0.39 is 17.8 Å². The number of hydrogen-bond donors (Lipinski definition) is 2. The molecule has 0 bridgehead atoms. The number of aryl methyl sites for hydroxylation is 1. The third kappa shape index (κ3) is 8.23. The van der Waals surface area contributed by atoms with Crippen molar-refractivity contribution in [1.82, 2.24) is 19.6 Å². The second-order valence-corrected chi connectivity index (χ2v) is 13.6. The Morgan fingerprint density at radius 2 is 1.60 bits per heavy atom. The van der Waals surface area contributed by atoms with Crippen molar-refractivity contribution in [1.29, 1.82) is 0 Å². The van der Waals surface area contributed by atoms with Gasteiger partial charge in [-0.15, -0.1) is 0 Å². The summed E-state index contributed by atoms with van der Waals surface area (Å²) in [6.45, 7) is 7.38. The Balaban J connectivity index is 1.37. The van der Waals surface area contributed by atoms with Crippen LogP contribution in [-0.4, -0.2) is 68.1 Å². The largest absolute Gasteiger partial charge is 0.394 e. The van der Waals surface area contributed by atoms with Gasteiger partial charge in [0.05, 0.1) is 23.9 Å². The summed E-state index contributed by atoms with van der Waals surface area (Å²) in [4.78, 5) is 45.5. The van der Waals surface area contributed by atoms with Crippen LogP contribution in [0.25, 0.3) is 16.8 Å². The minimum absolute atomic E-state index is 0.156. The Morgan fingerprint density at radius 3 is 2.32 bits per heavy atom. The summed E-state index contributed by atoms with van der Waals surface area (Å²) in [5.74, 6) is -1.33. The number of benzene rings is 4. The van der Waals surface area contributed by atoms with Crippen LogP contribution in [0, 0.1) is 12.7 Å². The lowest BCUT2D eigenvalue weighted by molar-refractivity contribution is 0.0544. The lowest BCUT2D eigenvalue weighted by Gasteiger charge is -2.36. The molecule has 0 aliphatic carbocycles. The second kappa shape index (κ2) is 16.8. The molecule has 1 aliphatic rings. The SMILES string of the molecule is CCCCN(CCCC)C(=O)c1cc(C)n(-c2ccc(NC(=O)c3cccc(-c4ccccc4F)c3)cc2C(=O)N2Cc3ccccc3CC2CO)n1. The van der Waals surface area contributed by atoms with Crippen molar-refractivity contribution < 1.29 is 23.9 Å². The highest BCUT2D eigenvalue weighted by atomic mass is 19.1. The van der Waals surface area contributed by atoms with Crippen LogP contribution < -0.4 is 5.32 Å². The second-order valence-electron chi connectivity index (χ2n) is 13.6. The molecule has 2 heterocycles. The summed E-state index contributed by atoms with van der Waals surface area (Å²) >= 11 is 0. The standard InChI is InChI=1S/C43H46FN5O4/c1-4-6-21-47(22-7-5-2)43(53)39-23-29(3)49(46-39)40-20-19-34(45-41(51)32-16-12-15-31(24-32)36-17-10-11-18-38(36)44)26-37(40)42(52)48-27-33-14-9-8-13-30(33)25-35(48)28-50/h8-20,23-24,26,35,50H,4-7,21-22,25,27-28H2,1-3H3,(H,45,51). The molecule has 274 valence electrons. The zero-order chi connectivity index (χ0) is 37.5. The first-order valence-electron chi connectivity index (χ1n) is 18.4. The van der Waals surface area contributed by atoms with E-state index in [1.807, 2.05) is 36.1 Å². The molecule has 53 heavy (non-hydrogen) atoms. The molecule has 9 nitrogen and oxygen atoms in total. The molecule has 3 amide bonds. The normalized spacial score (nSPS) is 13.8. The molecule has 4 aromatic carbocycles. The number of anilines is 1. The molecule has 2 N–H and O–H groups in total. The van der Waals surface area contributed by atoms with Crippen molar-refractivity contribution in [3.8, 4) is 16.8 Å². The van der Waals surface area contributed by atoms with Gasteiger partial charge in [0.1, 0.15) is 5.82 Å². The lowest BCUT2D eigenvalue weighted by Crippen LogP contribution is -2.46. The van der Waals surface area contributed by atoms with Crippen LogP contribution >= 0.6 is 0 Å². The molecule has 0 fully saturated rings. The molecular weight excluding hydrogens is 670 g/mol. The number of aliphatic hydroxyl groups excluding tert-OH is 1. The predicted octanol–water partition coefficient (Wildman–Crippen LogP) is 7.84. The molecule has 0 spiro atoms. The zero-order valence-electron chi connectivity index (χ0n) is 30.5. The van der Waals surface area contributed by atoms with Gasteiger partial charge in [0.25, 0.3) is 17.7 Å². The Labute approximate surface area is 310 Å². The highest BCUT2D eigenvalue weighted by molar-refractivity contribution is 6.06. The average Bonchev–Trinajstić information content (AvgIpc) is 3.58. The molecule has 1 atom stereocenters. The van der Waals surface area contributed by atoms with Crippen LogP contribution in [0.5, 0.6) is 0 Å². The van der Waals surface area contributed by atoms with Crippen molar-refractivity contribution in [2.45, 2.75) is 65.5 Å². The number of unbranched alkanes of at least 4 members (excludes halogenated alkanes) is 2. The first kappa shape index (κ1) is 37.2. The number of aromatic nitrogens is 2. The number of amides is 3. The fourth-order valence-corrected chi connectivity index (χ4v) is 6.84. The molecular formula is C43H46FN5O4. The number of nitrogens with zero attached hydrogens (tertiary/aromatic N) is 4. The highest BCUT2D eigenvalue weighted by Gasteiger charge is 2.32. The average molecular weight is 716 g/mol. The number of rotatable bonds is 13. The van der Waals surface area contributed by atoms with E-state index in [0.29, 0.717) is 65.5 Å². The van der Waals surface area contributed by atoms with Crippen molar-refractivity contribution >= 4 is 23.4 Å². The Morgan fingerprint density at radius 1 is 0.887 bits per heavy atom. The van der Waals surface area contributed by atoms with Gasteiger partial charge < -0.3 is 20.2 Å². The number of nitrogens with one attached hydrogen (secondary N) is 1. The predicted molar refractivity (Wildman–Crippen MR) is 205 cm³/mol. The fraction of sp³-hybridized carbons (Fsp3) is 0.302. The van der Waals surface area contributed by atoms with E-state index in [1.54, 1.807) is 76.3 Å².